The molecule has 1 unspecified atom stereocenters. The van der Waals surface area contributed by atoms with E-state index >= 15 is 0 Å². The second-order valence-electron chi connectivity index (χ2n) is 12.2. The molecule has 50 heavy (non-hydrogen) atoms. The summed E-state index contributed by atoms with van der Waals surface area (Å²) in [6.45, 7) is 6.16. The van der Waals surface area contributed by atoms with Crippen LogP contribution in [0.4, 0.5) is 0 Å². The third-order valence-electron chi connectivity index (χ3n) is 7.43. The van der Waals surface area contributed by atoms with Crippen LogP contribution in [-0.2, 0) is 28.6 Å². The first-order valence-corrected chi connectivity index (χ1v) is 19.3. The van der Waals surface area contributed by atoms with E-state index < -0.39 is 6.10 Å². The van der Waals surface area contributed by atoms with Crippen molar-refractivity contribution in [2.75, 3.05) is 13.2 Å². The number of carbonyl (C=O) groups excluding carboxylic acids is 3. The minimum absolute atomic E-state index is 0.124. The van der Waals surface area contributed by atoms with E-state index in [1.807, 2.05) is 54.7 Å². The van der Waals surface area contributed by atoms with Crippen LogP contribution in [0.15, 0.2) is 97.2 Å². The molecular formula is C44H68O6. The summed E-state index contributed by atoms with van der Waals surface area (Å²) in [6, 6.07) is 0. The highest BCUT2D eigenvalue weighted by Gasteiger charge is 2.19. The number of ether oxygens (including phenoxy) is 3. The molecule has 0 aromatic rings. The Morgan fingerprint density at radius 1 is 0.440 bits per heavy atom. The Hall–Kier alpha value is -3.67. The smallest absolute Gasteiger partial charge is 0.306 e. The normalized spacial score (nSPS) is 13.1. The Kier molecular flexibility index (Phi) is 35.3. The molecule has 0 aliphatic rings. The van der Waals surface area contributed by atoms with E-state index in [1.165, 1.54) is 12.8 Å². The molecule has 0 N–H and O–H groups in total. The van der Waals surface area contributed by atoms with Crippen molar-refractivity contribution in [2.24, 2.45) is 0 Å². The Labute approximate surface area is 305 Å². The van der Waals surface area contributed by atoms with Crippen molar-refractivity contribution >= 4 is 17.9 Å². The van der Waals surface area contributed by atoms with Gasteiger partial charge >= 0.3 is 17.9 Å². The van der Waals surface area contributed by atoms with Crippen LogP contribution < -0.4 is 0 Å². The number of hydrogen-bond acceptors (Lipinski definition) is 6. The lowest BCUT2D eigenvalue weighted by atomic mass is 10.1. The Morgan fingerprint density at radius 3 is 1.54 bits per heavy atom. The molecule has 1 atom stereocenters. The summed E-state index contributed by atoms with van der Waals surface area (Å²) in [6.07, 6.45) is 48.4. The van der Waals surface area contributed by atoms with Gasteiger partial charge in [0.1, 0.15) is 13.2 Å². The first kappa shape index (κ1) is 46.3. The predicted molar refractivity (Wildman–Crippen MR) is 210 cm³/mol. The molecule has 0 spiro atoms. The number of carbonyl (C=O) groups is 3. The van der Waals surface area contributed by atoms with Crippen molar-refractivity contribution in [3.8, 4) is 0 Å². The molecule has 0 aliphatic heterocycles. The maximum Gasteiger partial charge on any atom is 0.306 e. The SMILES string of the molecule is CC\C=C/C=C\C=C/C=C\C=C/CCCC(=O)OCC(COC(=O)CCCC/C=C\C/C=C\CC)OC(=O)CCCCCC/C=C\CCCC. The summed E-state index contributed by atoms with van der Waals surface area (Å²) < 4.78 is 16.5. The van der Waals surface area contributed by atoms with Gasteiger partial charge < -0.3 is 14.2 Å². The van der Waals surface area contributed by atoms with Gasteiger partial charge in [-0.25, -0.2) is 0 Å². The van der Waals surface area contributed by atoms with Gasteiger partial charge in [0, 0.05) is 19.3 Å². The fraction of sp³-hybridized carbons (Fsp3) is 0.568. The van der Waals surface area contributed by atoms with Gasteiger partial charge in [0.25, 0.3) is 0 Å². The van der Waals surface area contributed by atoms with Crippen molar-refractivity contribution in [3.05, 3.63) is 97.2 Å². The molecule has 0 radical (unpaired) electrons. The number of unbranched alkanes of at least 4 members (excludes halogenated alkanes) is 9. The van der Waals surface area contributed by atoms with Crippen molar-refractivity contribution in [3.63, 3.8) is 0 Å². The summed E-state index contributed by atoms with van der Waals surface area (Å²) in [5.41, 5.74) is 0. The summed E-state index contributed by atoms with van der Waals surface area (Å²) in [5, 5.41) is 0. The molecule has 0 aromatic heterocycles. The van der Waals surface area contributed by atoms with Gasteiger partial charge in [-0.2, -0.15) is 0 Å². The molecule has 0 amide bonds. The predicted octanol–water partition coefficient (Wildman–Crippen LogP) is 11.9. The van der Waals surface area contributed by atoms with Crippen LogP contribution in [0.5, 0.6) is 0 Å². The largest absolute Gasteiger partial charge is 0.462 e. The molecule has 0 fully saturated rings. The number of allylic oxidation sites excluding steroid dienone is 16. The van der Waals surface area contributed by atoms with Gasteiger partial charge in [-0.1, -0.05) is 144 Å². The maximum atomic E-state index is 12.6. The van der Waals surface area contributed by atoms with E-state index in [0.29, 0.717) is 12.8 Å². The summed E-state index contributed by atoms with van der Waals surface area (Å²) >= 11 is 0. The number of esters is 3. The highest BCUT2D eigenvalue weighted by Crippen LogP contribution is 2.10. The number of hydrogen-bond donors (Lipinski definition) is 0. The fourth-order valence-electron chi connectivity index (χ4n) is 4.55. The van der Waals surface area contributed by atoms with E-state index in [9.17, 15) is 14.4 Å². The zero-order valence-electron chi connectivity index (χ0n) is 31.6. The molecule has 0 saturated carbocycles. The van der Waals surface area contributed by atoms with E-state index in [2.05, 4.69) is 63.3 Å². The Bertz CT molecular complexity index is 1070. The van der Waals surface area contributed by atoms with E-state index in [4.69, 9.17) is 14.2 Å². The second-order valence-corrected chi connectivity index (χ2v) is 12.2. The van der Waals surface area contributed by atoms with Crippen molar-refractivity contribution in [2.45, 2.75) is 149 Å². The first-order valence-electron chi connectivity index (χ1n) is 19.3. The highest BCUT2D eigenvalue weighted by atomic mass is 16.6. The average Bonchev–Trinajstić information content (AvgIpc) is 3.11. The molecule has 0 aromatic carbocycles. The van der Waals surface area contributed by atoms with Gasteiger partial charge in [0.15, 0.2) is 6.10 Å². The molecule has 6 heteroatoms. The van der Waals surface area contributed by atoms with Gasteiger partial charge in [-0.15, -0.1) is 0 Å². The quantitative estimate of drug-likeness (QED) is 0.0229. The van der Waals surface area contributed by atoms with Crippen molar-refractivity contribution in [1.82, 2.24) is 0 Å². The van der Waals surface area contributed by atoms with E-state index in [1.54, 1.807) is 0 Å². The Morgan fingerprint density at radius 2 is 0.900 bits per heavy atom. The minimum atomic E-state index is -0.821. The molecule has 0 heterocycles. The van der Waals surface area contributed by atoms with Crippen molar-refractivity contribution < 1.29 is 28.6 Å². The molecule has 280 valence electrons. The second kappa shape index (κ2) is 38.1. The van der Waals surface area contributed by atoms with Gasteiger partial charge in [0.05, 0.1) is 0 Å². The van der Waals surface area contributed by atoms with Crippen LogP contribution in [0.2, 0.25) is 0 Å². The summed E-state index contributed by atoms with van der Waals surface area (Å²) in [4.78, 5) is 37.4. The third kappa shape index (κ3) is 35.6. The van der Waals surface area contributed by atoms with Crippen LogP contribution in [-0.4, -0.2) is 37.2 Å². The minimum Gasteiger partial charge on any atom is -0.462 e. The zero-order chi connectivity index (χ0) is 36.6. The van der Waals surface area contributed by atoms with Crippen LogP contribution >= 0.6 is 0 Å². The lowest BCUT2D eigenvalue weighted by Gasteiger charge is -2.18. The lowest BCUT2D eigenvalue weighted by molar-refractivity contribution is -0.167. The van der Waals surface area contributed by atoms with Crippen LogP contribution in [0.1, 0.15) is 143 Å². The van der Waals surface area contributed by atoms with Gasteiger partial charge in [-0.3, -0.25) is 14.4 Å². The average molecular weight is 693 g/mol. The topological polar surface area (TPSA) is 78.9 Å². The number of rotatable bonds is 32. The zero-order valence-corrected chi connectivity index (χ0v) is 31.6. The fourth-order valence-corrected chi connectivity index (χ4v) is 4.55. The molecule has 6 nitrogen and oxygen atoms in total. The van der Waals surface area contributed by atoms with E-state index in [0.717, 1.165) is 83.5 Å². The monoisotopic (exact) mass is 693 g/mol. The Balaban J connectivity index is 4.59. The van der Waals surface area contributed by atoms with Crippen LogP contribution in [0.3, 0.4) is 0 Å². The molecule has 0 bridgehead atoms. The molecule has 0 rings (SSSR count). The van der Waals surface area contributed by atoms with Gasteiger partial charge in [-0.05, 0) is 77.0 Å². The van der Waals surface area contributed by atoms with Crippen LogP contribution in [0, 0.1) is 0 Å². The van der Waals surface area contributed by atoms with Gasteiger partial charge in [0.2, 0.25) is 0 Å². The first-order chi connectivity index (χ1) is 24.5. The van der Waals surface area contributed by atoms with Crippen molar-refractivity contribution in [1.29, 1.82) is 0 Å². The third-order valence-corrected chi connectivity index (χ3v) is 7.43. The summed E-state index contributed by atoms with van der Waals surface area (Å²) in [5.74, 6) is -1.07. The summed E-state index contributed by atoms with van der Waals surface area (Å²) in [7, 11) is 0. The standard InChI is InChI=1S/C44H68O6/c1-4-7-10-13-16-19-21-22-23-26-28-31-34-37-43(46)49-40-41(39-48-42(45)36-33-30-27-24-18-15-12-9-6-3)50-44(47)38-35-32-29-25-20-17-14-11-8-5-2/h7,9-10,12-14,16-19,21-24,26,28,41H,4-6,8,11,15,20,25,27,29-40H2,1-3H3/b10-7-,12-9-,16-13-,17-14-,21-19-,23-22-,24-18-,28-26-. The van der Waals surface area contributed by atoms with Crippen LogP contribution in [0.25, 0.3) is 0 Å². The van der Waals surface area contributed by atoms with E-state index in [-0.39, 0.29) is 44.0 Å². The molecule has 0 aliphatic carbocycles. The lowest BCUT2D eigenvalue weighted by Crippen LogP contribution is -2.30. The maximum absolute atomic E-state index is 12.6. The highest BCUT2D eigenvalue weighted by molar-refractivity contribution is 5.71. The molecular weight excluding hydrogens is 624 g/mol. The molecule has 0 saturated heterocycles.